The zero-order valence-electron chi connectivity index (χ0n) is 26.8. The third-order valence-corrected chi connectivity index (χ3v) is 8.92. The summed E-state index contributed by atoms with van der Waals surface area (Å²) in [4.78, 5) is 0. The fraction of sp³-hybridized carbons (Fsp3) is 1.00. The van der Waals surface area contributed by atoms with E-state index in [1.165, 1.54) is 180 Å². The topological polar surface area (TPSA) is 36.9 Å². The van der Waals surface area contributed by atoms with Crippen LogP contribution in [0.1, 0.15) is 193 Å². The maximum absolute atomic E-state index is 5.82. The van der Waals surface area contributed by atoms with Crippen LogP contribution in [0.2, 0.25) is 0 Å². The largest absolute Gasteiger partial charge is 0.353 e. The van der Waals surface area contributed by atoms with E-state index < -0.39 is 0 Å². The Morgan fingerprint density at radius 1 is 0.325 bits per heavy atom. The van der Waals surface area contributed by atoms with E-state index >= 15 is 0 Å². The van der Waals surface area contributed by atoms with Crippen molar-refractivity contribution < 1.29 is 18.9 Å². The van der Waals surface area contributed by atoms with Gasteiger partial charge in [0.2, 0.25) is 0 Å². The van der Waals surface area contributed by atoms with E-state index in [4.69, 9.17) is 18.9 Å². The normalized spacial score (nSPS) is 19.8. The summed E-state index contributed by atoms with van der Waals surface area (Å²) in [5, 5.41) is 0. The number of unbranched alkanes of at least 4 members (excludes halogenated alkanes) is 23. The molecule has 2 aliphatic heterocycles. The van der Waals surface area contributed by atoms with E-state index in [0.717, 1.165) is 39.3 Å². The Kier molecular flexibility index (Phi) is 26.1. The first-order valence-electron chi connectivity index (χ1n) is 18.4. The van der Waals surface area contributed by atoms with Gasteiger partial charge < -0.3 is 18.9 Å². The minimum atomic E-state index is 0.0954. The molecule has 0 radical (unpaired) electrons. The van der Waals surface area contributed by atoms with Crippen LogP contribution in [-0.4, -0.2) is 39.0 Å². The summed E-state index contributed by atoms with van der Waals surface area (Å²) < 4.78 is 22.9. The van der Waals surface area contributed by atoms with Gasteiger partial charge in [0.05, 0.1) is 0 Å². The van der Waals surface area contributed by atoms with Gasteiger partial charge in [-0.15, -0.1) is 0 Å². The van der Waals surface area contributed by atoms with Gasteiger partial charge in [0, 0.05) is 26.4 Å². The van der Waals surface area contributed by atoms with Gasteiger partial charge in [-0.2, -0.15) is 0 Å². The van der Waals surface area contributed by atoms with Crippen molar-refractivity contribution in [2.24, 2.45) is 0 Å². The Hall–Kier alpha value is -0.160. The van der Waals surface area contributed by atoms with Crippen LogP contribution in [0.4, 0.5) is 0 Å². The summed E-state index contributed by atoms with van der Waals surface area (Å²) in [5.41, 5.74) is 0. The molecule has 0 saturated carbocycles. The van der Waals surface area contributed by atoms with Crippen LogP contribution in [0.25, 0.3) is 0 Å². The molecular formula is C36H70O4. The Labute approximate surface area is 250 Å². The highest BCUT2D eigenvalue weighted by atomic mass is 16.7. The lowest BCUT2D eigenvalue weighted by molar-refractivity contribution is -0.163. The predicted molar refractivity (Wildman–Crippen MR) is 170 cm³/mol. The van der Waals surface area contributed by atoms with Gasteiger partial charge in [-0.1, -0.05) is 141 Å². The summed E-state index contributed by atoms with van der Waals surface area (Å²) in [6.07, 6.45) is 41.2. The Balaban J connectivity index is 1.13. The zero-order valence-corrected chi connectivity index (χ0v) is 26.8. The fourth-order valence-corrected chi connectivity index (χ4v) is 6.21. The molecule has 2 rings (SSSR count). The van der Waals surface area contributed by atoms with Crippen molar-refractivity contribution in [3.8, 4) is 0 Å². The van der Waals surface area contributed by atoms with Crippen molar-refractivity contribution in [2.75, 3.05) is 26.4 Å². The first-order valence-corrected chi connectivity index (χ1v) is 18.4. The first kappa shape index (κ1) is 36.0. The molecule has 40 heavy (non-hydrogen) atoms. The minimum Gasteiger partial charge on any atom is -0.353 e. The maximum atomic E-state index is 5.82. The summed E-state index contributed by atoms with van der Waals surface area (Å²) in [6, 6.07) is 0. The van der Waals surface area contributed by atoms with Gasteiger partial charge in [-0.3, -0.25) is 0 Å². The van der Waals surface area contributed by atoms with Crippen LogP contribution in [0, 0.1) is 0 Å². The molecule has 2 atom stereocenters. The molecule has 0 aromatic heterocycles. The second-order valence-electron chi connectivity index (χ2n) is 12.8. The lowest BCUT2D eigenvalue weighted by Gasteiger charge is -2.22. The molecule has 4 heteroatoms. The zero-order chi connectivity index (χ0) is 28.0. The van der Waals surface area contributed by atoms with Crippen LogP contribution in [0.5, 0.6) is 0 Å². The highest BCUT2D eigenvalue weighted by Crippen LogP contribution is 2.18. The van der Waals surface area contributed by atoms with Crippen molar-refractivity contribution >= 4 is 0 Å². The lowest BCUT2D eigenvalue weighted by atomic mass is 10.0. The van der Waals surface area contributed by atoms with Crippen LogP contribution in [0.15, 0.2) is 0 Å². The molecule has 4 nitrogen and oxygen atoms in total. The predicted octanol–water partition coefficient (Wildman–Crippen LogP) is 11.4. The van der Waals surface area contributed by atoms with Crippen molar-refractivity contribution in [2.45, 2.75) is 205 Å². The summed E-state index contributed by atoms with van der Waals surface area (Å²) in [7, 11) is 0. The van der Waals surface area contributed by atoms with E-state index in [9.17, 15) is 0 Å². The van der Waals surface area contributed by atoms with Gasteiger partial charge in [0.15, 0.2) is 12.6 Å². The molecule has 0 spiro atoms. The molecule has 0 aromatic carbocycles. The molecule has 0 N–H and O–H groups in total. The molecule has 2 unspecified atom stereocenters. The molecule has 2 aliphatic rings. The van der Waals surface area contributed by atoms with Gasteiger partial charge in [0.25, 0.3) is 0 Å². The monoisotopic (exact) mass is 567 g/mol. The second kappa shape index (κ2) is 28.9. The quantitative estimate of drug-likeness (QED) is 0.0844. The fourth-order valence-electron chi connectivity index (χ4n) is 6.21. The highest BCUT2D eigenvalue weighted by Gasteiger charge is 2.14. The molecular weight excluding hydrogens is 496 g/mol. The van der Waals surface area contributed by atoms with Crippen molar-refractivity contribution in [3.63, 3.8) is 0 Å². The SMILES string of the molecule is C(CCCCCCCCCCCCCOC1CCCCO1)CCCCCCCCCCCCOC1CCCCO1. The van der Waals surface area contributed by atoms with E-state index in [2.05, 4.69) is 0 Å². The van der Waals surface area contributed by atoms with E-state index in [-0.39, 0.29) is 12.6 Å². The van der Waals surface area contributed by atoms with Crippen LogP contribution in [-0.2, 0) is 18.9 Å². The molecule has 0 amide bonds. The average molecular weight is 567 g/mol. The smallest absolute Gasteiger partial charge is 0.157 e. The Morgan fingerprint density at radius 2 is 0.575 bits per heavy atom. The van der Waals surface area contributed by atoms with E-state index in [1.54, 1.807) is 0 Å². The molecule has 2 saturated heterocycles. The van der Waals surface area contributed by atoms with Gasteiger partial charge in [0.1, 0.15) is 0 Å². The summed E-state index contributed by atoms with van der Waals surface area (Å²) in [5.74, 6) is 0. The van der Waals surface area contributed by atoms with Crippen LogP contribution in [0.3, 0.4) is 0 Å². The third kappa shape index (κ3) is 23.4. The first-order chi connectivity index (χ1) is 19.9. The van der Waals surface area contributed by atoms with Gasteiger partial charge in [-0.05, 0) is 51.4 Å². The Bertz CT molecular complexity index is 443. The third-order valence-electron chi connectivity index (χ3n) is 8.92. The van der Waals surface area contributed by atoms with Gasteiger partial charge >= 0.3 is 0 Å². The van der Waals surface area contributed by atoms with Crippen LogP contribution < -0.4 is 0 Å². The van der Waals surface area contributed by atoms with E-state index in [0.29, 0.717) is 0 Å². The Morgan fingerprint density at radius 3 is 0.800 bits per heavy atom. The van der Waals surface area contributed by atoms with Crippen molar-refractivity contribution in [1.82, 2.24) is 0 Å². The molecule has 2 heterocycles. The maximum Gasteiger partial charge on any atom is 0.157 e. The molecule has 238 valence electrons. The molecule has 2 fully saturated rings. The molecule has 0 aliphatic carbocycles. The summed E-state index contributed by atoms with van der Waals surface area (Å²) >= 11 is 0. The van der Waals surface area contributed by atoms with Crippen molar-refractivity contribution in [3.05, 3.63) is 0 Å². The minimum absolute atomic E-state index is 0.0954. The molecule has 0 aromatic rings. The van der Waals surface area contributed by atoms with Crippen molar-refractivity contribution in [1.29, 1.82) is 0 Å². The lowest BCUT2D eigenvalue weighted by Crippen LogP contribution is -2.22. The standard InChI is InChI=1S/C36H70O4/c1(3-5-7-9-11-13-15-17-19-21-25-31-37-35-29-23-27-33-39-35)2-4-6-8-10-12-14-16-18-20-22-26-32-38-36-30-24-28-34-40-36/h35-36H,1-34H2. The number of rotatable bonds is 29. The summed E-state index contributed by atoms with van der Waals surface area (Å²) in [6.45, 7) is 3.56. The van der Waals surface area contributed by atoms with E-state index in [1.807, 2.05) is 0 Å². The van der Waals surface area contributed by atoms with Gasteiger partial charge in [-0.25, -0.2) is 0 Å². The van der Waals surface area contributed by atoms with Crippen LogP contribution >= 0.6 is 0 Å². The molecule has 0 bridgehead atoms. The average Bonchev–Trinajstić information content (AvgIpc) is 2.99. The number of hydrogen-bond donors (Lipinski definition) is 0. The number of ether oxygens (including phenoxy) is 4. The second-order valence-corrected chi connectivity index (χ2v) is 12.8. The highest BCUT2D eigenvalue weighted by molar-refractivity contribution is 4.56. The number of hydrogen-bond acceptors (Lipinski definition) is 4.